The van der Waals surface area contributed by atoms with E-state index >= 15 is 0 Å². The molecule has 4 heteroatoms. The fourth-order valence-corrected chi connectivity index (χ4v) is 3.21. The summed E-state index contributed by atoms with van der Waals surface area (Å²) in [5.74, 6) is 0.751. The first-order valence-electron chi connectivity index (χ1n) is 8.46. The molecular formula is C18H25NO3. The highest BCUT2D eigenvalue weighted by atomic mass is 16.5. The second kappa shape index (κ2) is 7.63. The van der Waals surface area contributed by atoms with Gasteiger partial charge in [-0.2, -0.15) is 0 Å². The number of rotatable bonds is 5. The van der Waals surface area contributed by atoms with Crippen LogP contribution in [0.1, 0.15) is 55.3 Å². The molecule has 1 aliphatic heterocycles. The van der Waals surface area contributed by atoms with Gasteiger partial charge in [-0.05, 0) is 43.9 Å². The molecule has 3 rings (SSSR count). The van der Waals surface area contributed by atoms with E-state index in [4.69, 9.17) is 9.47 Å². The minimum Gasteiger partial charge on any atom is -0.491 e. The van der Waals surface area contributed by atoms with E-state index in [9.17, 15) is 4.79 Å². The van der Waals surface area contributed by atoms with E-state index in [1.54, 1.807) is 0 Å². The van der Waals surface area contributed by atoms with E-state index in [2.05, 4.69) is 5.32 Å². The highest BCUT2D eigenvalue weighted by Crippen LogP contribution is 2.20. The van der Waals surface area contributed by atoms with Crippen molar-refractivity contribution in [3.63, 3.8) is 0 Å². The molecular weight excluding hydrogens is 278 g/mol. The summed E-state index contributed by atoms with van der Waals surface area (Å²) in [5.41, 5.74) is 0.676. The Labute approximate surface area is 132 Å². The lowest BCUT2D eigenvalue weighted by Gasteiger charge is -2.22. The van der Waals surface area contributed by atoms with Gasteiger partial charge < -0.3 is 14.8 Å². The number of nitrogens with one attached hydrogen (secondary N) is 1. The second-order valence-electron chi connectivity index (χ2n) is 6.28. The lowest BCUT2D eigenvalue weighted by molar-refractivity contribution is 0.0679. The standard InChI is InChI=1S/C18H25NO3/c20-18(19-15-7-2-1-3-8-15)14-6-4-9-16(12-14)22-13-17-10-5-11-21-17/h4,6,9,12,15,17H,1-3,5,7-8,10-11,13H2,(H,19,20)/t17-/m0/s1. The van der Waals surface area contributed by atoms with Crippen LogP contribution < -0.4 is 10.1 Å². The van der Waals surface area contributed by atoms with Crippen molar-refractivity contribution in [3.8, 4) is 5.75 Å². The van der Waals surface area contributed by atoms with Gasteiger partial charge in [0, 0.05) is 18.2 Å². The first-order valence-corrected chi connectivity index (χ1v) is 8.46. The molecule has 1 heterocycles. The largest absolute Gasteiger partial charge is 0.491 e. The van der Waals surface area contributed by atoms with Crippen molar-refractivity contribution in [1.82, 2.24) is 5.32 Å². The number of benzene rings is 1. The van der Waals surface area contributed by atoms with Crippen molar-refractivity contribution >= 4 is 5.91 Å². The quantitative estimate of drug-likeness (QED) is 0.908. The Kier molecular flexibility index (Phi) is 5.33. The Balaban J connectivity index is 1.53. The van der Waals surface area contributed by atoms with Gasteiger partial charge in [-0.25, -0.2) is 0 Å². The van der Waals surface area contributed by atoms with Gasteiger partial charge >= 0.3 is 0 Å². The number of hydrogen-bond acceptors (Lipinski definition) is 3. The zero-order valence-electron chi connectivity index (χ0n) is 13.1. The third kappa shape index (κ3) is 4.23. The Morgan fingerprint density at radius 1 is 1.18 bits per heavy atom. The summed E-state index contributed by atoms with van der Waals surface area (Å²) in [7, 11) is 0. The molecule has 1 aliphatic carbocycles. The summed E-state index contributed by atoms with van der Waals surface area (Å²) in [6, 6.07) is 7.77. The van der Waals surface area contributed by atoms with E-state index in [0.29, 0.717) is 18.2 Å². The fourth-order valence-electron chi connectivity index (χ4n) is 3.21. The third-order valence-electron chi connectivity index (χ3n) is 4.50. The van der Waals surface area contributed by atoms with Gasteiger partial charge in [-0.1, -0.05) is 25.3 Å². The number of amides is 1. The Morgan fingerprint density at radius 2 is 2.05 bits per heavy atom. The molecule has 4 nitrogen and oxygen atoms in total. The van der Waals surface area contributed by atoms with Crippen molar-refractivity contribution in [1.29, 1.82) is 0 Å². The minimum atomic E-state index is 0.00877. The molecule has 0 bridgehead atoms. The highest BCUT2D eigenvalue weighted by molar-refractivity contribution is 5.94. The SMILES string of the molecule is O=C(NC1CCCCC1)c1cccc(OC[C@@H]2CCCO2)c1. The van der Waals surface area contributed by atoms with Crippen molar-refractivity contribution < 1.29 is 14.3 Å². The Hall–Kier alpha value is -1.55. The zero-order chi connectivity index (χ0) is 15.2. The molecule has 1 N–H and O–H groups in total. The van der Waals surface area contributed by atoms with Gasteiger partial charge in [-0.3, -0.25) is 4.79 Å². The lowest BCUT2D eigenvalue weighted by atomic mass is 9.95. The summed E-state index contributed by atoms with van der Waals surface area (Å²) in [6.45, 7) is 1.39. The van der Waals surface area contributed by atoms with Gasteiger partial charge in [0.15, 0.2) is 0 Å². The topological polar surface area (TPSA) is 47.6 Å². The molecule has 1 aromatic rings. The normalized spacial score (nSPS) is 22.5. The Morgan fingerprint density at radius 3 is 2.82 bits per heavy atom. The van der Waals surface area contributed by atoms with E-state index in [1.807, 2.05) is 24.3 Å². The van der Waals surface area contributed by atoms with Crippen molar-refractivity contribution in [3.05, 3.63) is 29.8 Å². The maximum Gasteiger partial charge on any atom is 0.251 e. The van der Waals surface area contributed by atoms with Gasteiger partial charge in [0.2, 0.25) is 0 Å². The molecule has 1 atom stereocenters. The van der Waals surface area contributed by atoms with Crippen molar-refractivity contribution in [2.24, 2.45) is 0 Å². The molecule has 1 saturated carbocycles. The Bertz CT molecular complexity index is 491. The maximum atomic E-state index is 12.3. The summed E-state index contributed by atoms with van der Waals surface area (Å²) < 4.78 is 11.3. The average Bonchev–Trinajstić information content (AvgIpc) is 3.08. The smallest absolute Gasteiger partial charge is 0.251 e. The third-order valence-corrected chi connectivity index (χ3v) is 4.50. The molecule has 120 valence electrons. The summed E-state index contributed by atoms with van der Waals surface area (Å²) in [6.07, 6.45) is 8.28. The van der Waals surface area contributed by atoms with Crippen molar-refractivity contribution in [2.75, 3.05) is 13.2 Å². The molecule has 1 saturated heterocycles. The van der Waals surface area contributed by atoms with Crippen LogP contribution in [-0.2, 0) is 4.74 Å². The van der Waals surface area contributed by atoms with Crippen LogP contribution in [0.3, 0.4) is 0 Å². The zero-order valence-corrected chi connectivity index (χ0v) is 13.1. The van der Waals surface area contributed by atoms with E-state index in [1.165, 1.54) is 19.3 Å². The van der Waals surface area contributed by atoms with Crippen LogP contribution in [0.15, 0.2) is 24.3 Å². The van der Waals surface area contributed by atoms with Crippen LogP contribution in [0, 0.1) is 0 Å². The lowest BCUT2D eigenvalue weighted by Crippen LogP contribution is -2.36. The van der Waals surface area contributed by atoms with Gasteiger partial charge in [0.1, 0.15) is 12.4 Å². The first kappa shape index (κ1) is 15.3. The molecule has 2 aliphatic rings. The van der Waals surface area contributed by atoms with Crippen LogP contribution in [-0.4, -0.2) is 31.3 Å². The molecule has 0 radical (unpaired) electrons. The number of hydrogen-bond donors (Lipinski definition) is 1. The van der Waals surface area contributed by atoms with Gasteiger partial charge in [0.25, 0.3) is 5.91 Å². The summed E-state index contributed by atoms with van der Waals surface area (Å²) in [4.78, 5) is 12.3. The monoisotopic (exact) mass is 303 g/mol. The average molecular weight is 303 g/mol. The van der Waals surface area contributed by atoms with Crippen LogP contribution in [0.2, 0.25) is 0 Å². The highest BCUT2D eigenvalue weighted by Gasteiger charge is 2.18. The summed E-state index contributed by atoms with van der Waals surface area (Å²) >= 11 is 0. The molecule has 0 spiro atoms. The van der Waals surface area contributed by atoms with Gasteiger partial charge in [0.05, 0.1) is 6.10 Å². The molecule has 0 aromatic heterocycles. The van der Waals surface area contributed by atoms with Crippen LogP contribution in [0.5, 0.6) is 5.75 Å². The van der Waals surface area contributed by atoms with E-state index in [-0.39, 0.29) is 12.0 Å². The molecule has 2 fully saturated rings. The predicted octanol–water partition coefficient (Wildman–Crippen LogP) is 3.31. The molecule has 1 aromatic carbocycles. The fraction of sp³-hybridized carbons (Fsp3) is 0.611. The number of ether oxygens (including phenoxy) is 2. The van der Waals surface area contributed by atoms with Crippen molar-refractivity contribution in [2.45, 2.75) is 57.1 Å². The molecule has 0 unspecified atom stereocenters. The second-order valence-corrected chi connectivity index (χ2v) is 6.28. The maximum absolute atomic E-state index is 12.3. The van der Waals surface area contributed by atoms with Crippen LogP contribution in [0.25, 0.3) is 0 Å². The van der Waals surface area contributed by atoms with Crippen LogP contribution in [0.4, 0.5) is 0 Å². The number of carbonyl (C=O) groups is 1. The molecule has 1 amide bonds. The molecule has 22 heavy (non-hydrogen) atoms. The van der Waals surface area contributed by atoms with Gasteiger partial charge in [-0.15, -0.1) is 0 Å². The van der Waals surface area contributed by atoms with Crippen LogP contribution >= 0.6 is 0 Å². The first-order chi connectivity index (χ1) is 10.8. The summed E-state index contributed by atoms with van der Waals surface area (Å²) in [5, 5.41) is 3.14. The van der Waals surface area contributed by atoms with E-state index in [0.717, 1.165) is 38.0 Å². The number of carbonyl (C=O) groups excluding carboxylic acids is 1. The van der Waals surface area contributed by atoms with E-state index < -0.39 is 0 Å². The predicted molar refractivity (Wildman–Crippen MR) is 85.3 cm³/mol. The minimum absolute atomic E-state index is 0.00877.